The van der Waals surface area contributed by atoms with Crippen LogP contribution in [0, 0.1) is 5.92 Å². The molecule has 0 aromatic heterocycles. The van der Waals surface area contributed by atoms with E-state index in [0.717, 1.165) is 22.9 Å². The van der Waals surface area contributed by atoms with Gasteiger partial charge < -0.3 is 10.5 Å². The molecular weight excluding hydrogens is 282 g/mol. The molecule has 1 unspecified atom stereocenters. The maximum Gasteiger partial charge on any atom is 0.308 e. The molecule has 0 aliphatic heterocycles. The van der Waals surface area contributed by atoms with E-state index in [2.05, 4.69) is 15.9 Å². The maximum absolute atomic E-state index is 11.6. The van der Waals surface area contributed by atoms with Crippen LogP contribution in [0.15, 0.2) is 28.7 Å². The van der Waals surface area contributed by atoms with Gasteiger partial charge in [-0.05, 0) is 37.1 Å². The Bertz CT molecular complexity index is 368. The fraction of sp³-hybridized carbons (Fsp3) is 0.462. The maximum atomic E-state index is 11.6. The summed E-state index contributed by atoms with van der Waals surface area (Å²) in [6, 6.07) is 7.74. The largest absolute Gasteiger partial charge is 0.461 e. The summed E-state index contributed by atoms with van der Waals surface area (Å²) in [7, 11) is 0. The van der Waals surface area contributed by atoms with Gasteiger partial charge in [0.2, 0.25) is 0 Å². The molecule has 0 spiro atoms. The van der Waals surface area contributed by atoms with Gasteiger partial charge in [-0.25, -0.2) is 0 Å². The van der Waals surface area contributed by atoms with Gasteiger partial charge in [-0.3, -0.25) is 4.79 Å². The molecule has 1 aromatic rings. The summed E-state index contributed by atoms with van der Waals surface area (Å²) in [5, 5.41) is 0. The van der Waals surface area contributed by atoms with Crippen molar-refractivity contribution in [2.24, 2.45) is 11.7 Å². The Balaban J connectivity index is 2.37. The zero-order chi connectivity index (χ0) is 12.7. The van der Waals surface area contributed by atoms with Gasteiger partial charge in [0.25, 0.3) is 0 Å². The van der Waals surface area contributed by atoms with Crippen molar-refractivity contribution in [2.75, 3.05) is 6.54 Å². The SMILES string of the molecule is CC(CCCN)C(=O)OCc1cccc(Br)c1. The Morgan fingerprint density at radius 1 is 1.53 bits per heavy atom. The molecule has 0 amide bonds. The number of benzene rings is 1. The average Bonchev–Trinajstić information content (AvgIpc) is 2.33. The number of carbonyl (C=O) groups excluding carboxylic acids is 1. The molecule has 2 N–H and O–H groups in total. The minimum absolute atomic E-state index is 0.0781. The Morgan fingerprint density at radius 2 is 2.29 bits per heavy atom. The third-order valence-electron chi connectivity index (χ3n) is 2.51. The number of rotatable bonds is 6. The number of nitrogens with two attached hydrogens (primary N) is 1. The second-order valence-electron chi connectivity index (χ2n) is 4.07. The van der Waals surface area contributed by atoms with E-state index in [1.807, 2.05) is 31.2 Å². The second-order valence-corrected chi connectivity index (χ2v) is 4.99. The first kappa shape index (κ1) is 14.2. The Morgan fingerprint density at radius 3 is 2.94 bits per heavy atom. The van der Waals surface area contributed by atoms with Gasteiger partial charge >= 0.3 is 5.97 Å². The van der Waals surface area contributed by atoms with E-state index >= 15 is 0 Å². The Kier molecular flexibility index (Phi) is 6.22. The van der Waals surface area contributed by atoms with Gasteiger partial charge in [0.05, 0.1) is 5.92 Å². The zero-order valence-electron chi connectivity index (χ0n) is 9.99. The molecule has 0 fully saturated rings. The highest BCUT2D eigenvalue weighted by Gasteiger charge is 2.13. The Hall–Kier alpha value is -0.870. The van der Waals surface area contributed by atoms with Crippen LogP contribution in [0.4, 0.5) is 0 Å². The summed E-state index contributed by atoms with van der Waals surface area (Å²) >= 11 is 3.38. The molecule has 94 valence electrons. The van der Waals surface area contributed by atoms with E-state index < -0.39 is 0 Å². The minimum Gasteiger partial charge on any atom is -0.461 e. The molecule has 0 saturated heterocycles. The van der Waals surface area contributed by atoms with Gasteiger partial charge in [-0.15, -0.1) is 0 Å². The topological polar surface area (TPSA) is 52.3 Å². The summed E-state index contributed by atoms with van der Waals surface area (Å²) in [5.41, 5.74) is 6.39. The molecule has 4 heteroatoms. The molecule has 0 bridgehead atoms. The molecule has 1 atom stereocenters. The van der Waals surface area contributed by atoms with E-state index in [0.29, 0.717) is 13.2 Å². The number of hydrogen-bond acceptors (Lipinski definition) is 3. The second kappa shape index (κ2) is 7.45. The van der Waals surface area contributed by atoms with Crippen LogP contribution in [0.1, 0.15) is 25.3 Å². The first-order valence-corrected chi connectivity index (χ1v) is 6.54. The van der Waals surface area contributed by atoms with Crippen LogP contribution in [0.2, 0.25) is 0 Å². The fourth-order valence-electron chi connectivity index (χ4n) is 1.47. The third kappa shape index (κ3) is 5.33. The number of carbonyl (C=O) groups is 1. The monoisotopic (exact) mass is 299 g/mol. The normalized spacial score (nSPS) is 12.2. The van der Waals surface area contributed by atoms with Crippen molar-refractivity contribution in [3.63, 3.8) is 0 Å². The van der Waals surface area contributed by atoms with Gasteiger partial charge in [0.15, 0.2) is 0 Å². The number of halogens is 1. The fourth-order valence-corrected chi connectivity index (χ4v) is 1.91. The summed E-state index contributed by atoms with van der Waals surface area (Å²) in [6.45, 7) is 2.81. The first-order chi connectivity index (χ1) is 8.13. The van der Waals surface area contributed by atoms with Crippen LogP contribution in [0.3, 0.4) is 0 Å². The zero-order valence-corrected chi connectivity index (χ0v) is 11.6. The lowest BCUT2D eigenvalue weighted by atomic mass is 10.1. The van der Waals surface area contributed by atoms with Crippen molar-refractivity contribution >= 4 is 21.9 Å². The van der Waals surface area contributed by atoms with Crippen molar-refractivity contribution < 1.29 is 9.53 Å². The molecule has 0 radical (unpaired) electrons. The lowest BCUT2D eigenvalue weighted by molar-refractivity contribution is -0.149. The van der Waals surface area contributed by atoms with Crippen molar-refractivity contribution in [1.29, 1.82) is 0 Å². The van der Waals surface area contributed by atoms with Gasteiger partial charge in [-0.2, -0.15) is 0 Å². The van der Waals surface area contributed by atoms with Crippen molar-refractivity contribution in [3.05, 3.63) is 34.3 Å². The smallest absolute Gasteiger partial charge is 0.308 e. The van der Waals surface area contributed by atoms with Gasteiger partial charge in [0, 0.05) is 4.47 Å². The molecule has 0 aliphatic carbocycles. The van der Waals surface area contributed by atoms with Gasteiger partial charge in [0.1, 0.15) is 6.61 Å². The minimum atomic E-state index is -0.154. The number of ether oxygens (including phenoxy) is 1. The molecular formula is C13H18BrNO2. The van der Waals surface area contributed by atoms with E-state index in [4.69, 9.17) is 10.5 Å². The summed E-state index contributed by atoms with van der Waals surface area (Å²) < 4.78 is 6.23. The Labute approximate surface area is 110 Å². The van der Waals surface area contributed by atoms with Crippen LogP contribution in [0.5, 0.6) is 0 Å². The van der Waals surface area contributed by atoms with Crippen molar-refractivity contribution in [1.82, 2.24) is 0 Å². The summed E-state index contributed by atoms with van der Waals surface area (Å²) in [6.07, 6.45) is 1.64. The summed E-state index contributed by atoms with van der Waals surface area (Å²) in [4.78, 5) is 11.6. The molecule has 17 heavy (non-hydrogen) atoms. The molecule has 0 aliphatic rings. The lowest BCUT2D eigenvalue weighted by Gasteiger charge is -2.11. The van der Waals surface area contributed by atoms with Crippen LogP contribution in [-0.4, -0.2) is 12.5 Å². The van der Waals surface area contributed by atoms with Crippen LogP contribution < -0.4 is 5.73 Å². The van der Waals surface area contributed by atoms with E-state index in [9.17, 15) is 4.79 Å². The quantitative estimate of drug-likeness (QED) is 0.822. The predicted molar refractivity (Wildman–Crippen MR) is 71.4 cm³/mol. The lowest BCUT2D eigenvalue weighted by Crippen LogP contribution is -2.16. The molecule has 1 aromatic carbocycles. The highest BCUT2D eigenvalue weighted by molar-refractivity contribution is 9.10. The average molecular weight is 300 g/mol. The third-order valence-corrected chi connectivity index (χ3v) is 3.01. The molecule has 0 heterocycles. The molecule has 3 nitrogen and oxygen atoms in total. The molecule has 0 saturated carbocycles. The standard InChI is InChI=1S/C13H18BrNO2/c1-10(4-3-7-15)13(16)17-9-11-5-2-6-12(14)8-11/h2,5-6,8,10H,3-4,7,9,15H2,1H3. The predicted octanol–water partition coefficient (Wildman–Crippen LogP) is 2.87. The number of hydrogen-bond donors (Lipinski definition) is 1. The summed E-state index contributed by atoms with van der Waals surface area (Å²) in [5.74, 6) is -0.232. The van der Waals surface area contributed by atoms with Crippen molar-refractivity contribution in [3.8, 4) is 0 Å². The van der Waals surface area contributed by atoms with Gasteiger partial charge in [-0.1, -0.05) is 35.0 Å². The van der Waals surface area contributed by atoms with Crippen LogP contribution in [0.25, 0.3) is 0 Å². The number of esters is 1. The van der Waals surface area contributed by atoms with E-state index in [1.54, 1.807) is 0 Å². The highest BCUT2D eigenvalue weighted by Crippen LogP contribution is 2.14. The molecule has 1 rings (SSSR count). The van der Waals surface area contributed by atoms with E-state index in [1.165, 1.54) is 0 Å². The van der Waals surface area contributed by atoms with Crippen molar-refractivity contribution in [2.45, 2.75) is 26.4 Å². The highest BCUT2D eigenvalue weighted by atomic mass is 79.9. The van der Waals surface area contributed by atoms with Crippen LogP contribution in [-0.2, 0) is 16.1 Å². The first-order valence-electron chi connectivity index (χ1n) is 5.74. The van der Waals surface area contributed by atoms with E-state index in [-0.39, 0.29) is 11.9 Å². The van der Waals surface area contributed by atoms with Crippen LogP contribution >= 0.6 is 15.9 Å².